The van der Waals surface area contributed by atoms with Gasteiger partial charge in [-0.15, -0.1) is 0 Å². The fourth-order valence-corrected chi connectivity index (χ4v) is 5.75. The van der Waals surface area contributed by atoms with Gasteiger partial charge in [-0.25, -0.2) is 13.4 Å². The molecule has 0 unspecified atom stereocenters. The van der Waals surface area contributed by atoms with E-state index in [0.29, 0.717) is 34.8 Å². The molecule has 1 aliphatic rings. The van der Waals surface area contributed by atoms with Crippen molar-refractivity contribution in [3.8, 4) is 5.75 Å². The van der Waals surface area contributed by atoms with Crippen molar-refractivity contribution in [2.75, 3.05) is 22.5 Å². The summed E-state index contributed by atoms with van der Waals surface area (Å²) in [7, 11) is -2.17. The van der Waals surface area contributed by atoms with E-state index in [9.17, 15) is 8.42 Å². The predicted molar refractivity (Wildman–Crippen MR) is 140 cm³/mol. The monoisotopic (exact) mass is 495 g/mol. The Labute approximate surface area is 207 Å². The van der Waals surface area contributed by atoms with Crippen molar-refractivity contribution < 1.29 is 13.2 Å². The van der Waals surface area contributed by atoms with Gasteiger partial charge in [-0.05, 0) is 81.1 Å². The molecule has 3 N–H and O–H groups in total. The predicted octanol–water partition coefficient (Wildman–Crippen LogP) is 5.70. The highest BCUT2D eigenvalue weighted by atomic mass is 32.2. The van der Waals surface area contributed by atoms with Crippen molar-refractivity contribution in [3.05, 3.63) is 59.3 Å². The second-order valence-electron chi connectivity index (χ2n) is 9.02. The minimum absolute atomic E-state index is 0.229. The molecule has 1 fully saturated rings. The third-order valence-electron chi connectivity index (χ3n) is 6.40. The van der Waals surface area contributed by atoms with E-state index in [4.69, 9.17) is 4.74 Å². The number of rotatable bonds is 8. The molecule has 8 nitrogen and oxygen atoms in total. The molecular formula is C26H33N5O3S. The SMILES string of the molecule is COc1ccc(S(=O)(=O)Nc2ccc(Nc3cc(C)nc(NC4CCCCC4)n3)cc2)c(C)c1C. The highest BCUT2D eigenvalue weighted by Crippen LogP contribution is 2.29. The first-order valence-electron chi connectivity index (χ1n) is 11.9. The van der Waals surface area contributed by atoms with Gasteiger partial charge < -0.3 is 15.4 Å². The largest absolute Gasteiger partial charge is 0.496 e. The first-order chi connectivity index (χ1) is 16.7. The number of methoxy groups -OCH3 is 1. The maximum absolute atomic E-state index is 13.0. The third-order valence-corrected chi connectivity index (χ3v) is 7.93. The van der Waals surface area contributed by atoms with Gasteiger partial charge in [-0.2, -0.15) is 4.98 Å². The molecule has 4 rings (SSSR count). The van der Waals surface area contributed by atoms with Gasteiger partial charge >= 0.3 is 0 Å². The maximum atomic E-state index is 13.0. The third kappa shape index (κ3) is 6.03. The van der Waals surface area contributed by atoms with Gasteiger partial charge in [0.05, 0.1) is 12.0 Å². The first-order valence-corrected chi connectivity index (χ1v) is 13.4. The second-order valence-corrected chi connectivity index (χ2v) is 10.7. The van der Waals surface area contributed by atoms with Crippen LogP contribution in [0, 0.1) is 20.8 Å². The fraction of sp³-hybridized carbons (Fsp3) is 0.385. The maximum Gasteiger partial charge on any atom is 0.262 e. The molecule has 1 heterocycles. The molecule has 186 valence electrons. The summed E-state index contributed by atoms with van der Waals surface area (Å²) in [6.07, 6.45) is 6.07. The summed E-state index contributed by atoms with van der Waals surface area (Å²) >= 11 is 0. The topological polar surface area (TPSA) is 105 Å². The summed E-state index contributed by atoms with van der Waals surface area (Å²) in [6, 6.07) is 12.6. The number of ether oxygens (including phenoxy) is 1. The average Bonchev–Trinajstić information content (AvgIpc) is 2.82. The van der Waals surface area contributed by atoms with Crippen molar-refractivity contribution >= 4 is 33.2 Å². The molecule has 0 amide bonds. The lowest BCUT2D eigenvalue weighted by Crippen LogP contribution is -2.23. The van der Waals surface area contributed by atoms with Gasteiger partial charge in [-0.1, -0.05) is 19.3 Å². The molecule has 0 saturated heterocycles. The molecular weight excluding hydrogens is 462 g/mol. The molecule has 0 radical (unpaired) electrons. The molecule has 0 spiro atoms. The molecule has 0 bridgehead atoms. The van der Waals surface area contributed by atoms with E-state index in [1.54, 1.807) is 38.3 Å². The van der Waals surface area contributed by atoms with Gasteiger partial charge in [0.1, 0.15) is 11.6 Å². The van der Waals surface area contributed by atoms with E-state index < -0.39 is 10.0 Å². The Kier molecular flexibility index (Phi) is 7.45. The Morgan fingerprint density at radius 3 is 2.26 bits per heavy atom. The molecule has 3 aromatic rings. The molecule has 1 aromatic heterocycles. The zero-order chi connectivity index (χ0) is 25.0. The van der Waals surface area contributed by atoms with Crippen LogP contribution in [0.4, 0.5) is 23.1 Å². The van der Waals surface area contributed by atoms with E-state index in [-0.39, 0.29) is 4.90 Å². The van der Waals surface area contributed by atoms with E-state index in [1.807, 2.05) is 32.0 Å². The molecule has 9 heteroatoms. The van der Waals surface area contributed by atoms with E-state index in [2.05, 4.69) is 25.3 Å². The Bertz CT molecular complexity index is 1290. The number of aryl methyl sites for hydroxylation is 1. The molecule has 0 atom stereocenters. The zero-order valence-corrected chi connectivity index (χ0v) is 21.5. The number of benzene rings is 2. The van der Waals surface area contributed by atoms with Gasteiger partial charge in [0.2, 0.25) is 5.95 Å². The lowest BCUT2D eigenvalue weighted by Gasteiger charge is -2.23. The average molecular weight is 496 g/mol. The summed E-state index contributed by atoms with van der Waals surface area (Å²) in [5.41, 5.74) is 3.60. The van der Waals surface area contributed by atoms with E-state index in [1.165, 1.54) is 19.3 Å². The van der Waals surface area contributed by atoms with Crippen LogP contribution in [0.5, 0.6) is 5.75 Å². The summed E-state index contributed by atoms with van der Waals surface area (Å²) in [4.78, 5) is 9.38. The first kappa shape index (κ1) is 24.8. The molecule has 1 aliphatic carbocycles. The molecule has 1 saturated carbocycles. The zero-order valence-electron chi connectivity index (χ0n) is 20.7. The number of hydrogen-bond acceptors (Lipinski definition) is 7. The summed E-state index contributed by atoms with van der Waals surface area (Å²) in [6.45, 7) is 5.57. The Morgan fingerprint density at radius 1 is 0.886 bits per heavy atom. The van der Waals surface area contributed by atoms with E-state index in [0.717, 1.165) is 29.8 Å². The number of nitrogens with one attached hydrogen (secondary N) is 3. The van der Waals surface area contributed by atoms with Crippen molar-refractivity contribution in [1.29, 1.82) is 0 Å². The second kappa shape index (κ2) is 10.5. The number of nitrogens with zero attached hydrogens (tertiary/aromatic N) is 2. The summed E-state index contributed by atoms with van der Waals surface area (Å²) in [5.74, 6) is 1.98. The van der Waals surface area contributed by atoms with Crippen molar-refractivity contribution in [2.45, 2.75) is 63.8 Å². The summed E-state index contributed by atoms with van der Waals surface area (Å²) < 4.78 is 33.9. The molecule has 0 aliphatic heterocycles. The highest BCUT2D eigenvalue weighted by Gasteiger charge is 2.20. The van der Waals surface area contributed by atoms with Crippen LogP contribution in [-0.2, 0) is 10.0 Å². The number of sulfonamides is 1. The minimum Gasteiger partial charge on any atom is -0.496 e. The van der Waals surface area contributed by atoms with Crippen LogP contribution in [0.15, 0.2) is 47.4 Å². The Hall–Kier alpha value is -3.33. The smallest absolute Gasteiger partial charge is 0.262 e. The lowest BCUT2D eigenvalue weighted by molar-refractivity contribution is 0.411. The normalized spacial score (nSPS) is 14.4. The Balaban J connectivity index is 1.45. The van der Waals surface area contributed by atoms with Gasteiger partial charge in [0.15, 0.2) is 0 Å². The standard InChI is InChI=1S/C26H33N5O3S/c1-17-16-25(30-26(27-17)29-20-8-6-5-7-9-20)28-21-10-12-22(13-11-21)31-35(32,33)24-15-14-23(34-4)18(2)19(24)3/h10-16,20,31H,5-9H2,1-4H3,(H2,27,28,29,30). The van der Waals surface area contributed by atoms with Crippen LogP contribution in [0.1, 0.15) is 48.9 Å². The number of hydrogen-bond donors (Lipinski definition) is 3. The number of anilines is 4. The van der Waals surface area contributed by atoms with Gasteiger partial charge in [0, 0.05) is 29.2 Å². The van der Waals surface area contributed by atoms with Gasteiger partial charge in [0.25, 0.3) is 10.0 Å². The molecule has 35 heavy (non-hydrogen) atoms. The van der Waals surface area contributed by atoms with Crippen LogP contribution < -0.4 is 20.1 Å². The van der Waals surface area contributed by atoms with Gasteiger partial charge in [-0.3, -0.25) is 4.72 Å². The minimum atomic E-state index is -3.74. The van der Waals surface area contributed by atoms with Crippen molar-refractivity contribution in [3.63, 3.8) is 0 Å². The van der Waals surface area contributed by atoms with Crippen LogP contribution in [-0.4, -0.2) is 31.5 Å². The van der Waals surface area contributed by atoms with Crippen LogP contribution in [0.2, 0.25) is 0 Å². The van der Waals surface area contributed by atoms with Crippen molar-refractivity contribution in [2.24, 2.45) is 0 Å². The highest BCUT2D eigenvalue weighted by molar-refractivity contribution is 7.92. The van der Waals surface area contributed by atoms with Crippen LogP contribution in [0.3, 0.4) is 0 Å². The lowest BCUT2D eigenvalue weighted by atomic mass is 9.96. The van der Waals surface area contributed by atoms with Crippen molar-refractivity contribution in [1.82, 2.24) is 9.97 Å². The van der Waals surface area contributed by atoms with Crippen LogP contribution in [0.25, 0.3) is 0 Å². The Morgan fingerprint density at radius 2 is 1.57 bits per heavy atom. The summed E-state index contributed by atoms with van der Waals surface area (Å²) in [5, 5.41) is 6.76. The van der Waals surface area contributed by atoms with Crippen LogP contribution >= 0.6 is 0 Å². The van der Waals surface area contributed by atoms with E-state index >= 15 is 0 Å². The fourth-order valence-electron chi connectivity index (χ4n) is 4.39. The number of aromatic nitrogens is 2. The quantitative estimate of drug-likeness (QED) is 0.368. The molecule has 2 aromatic carbocycles.